The molecule has 0 amide bonds. The van der Waals surface area contributed by atoms with Gasteiger partial charge in [-0.25, -0.2) is 0 Å². The van der Waals surface area contributed by atoms with E-state index in [-0.39, 0.29) is 6.04 Å². The van der Waals surface area contributed by atoms with E-state index in [0.29, 0.717) is 0 Å². The Labute approximate surface area is 113 Å². The number of rotatable bonds is 3. The van der Waals surface area contributed by atoms with Gasteiger partial charge in [0, 0.05) is 24.7 Å². The smallest absolute Gasteiger partial charge is 0.122 e. The zero-order chi connectivity index (χ0) is 13.4. The number of aromatic nitrogens is 2. The standard InChI is InChI=1S/C15H19N3O/c1-10-13(9-17-18(10)3)15(16-2)12-4-5-14-11(8-12)6-7-19-14/h4-5,8-9,15-16H,6-7H2,1-3H3. The predicted molar refractivity (Wildman–Crippen MR) is 74.5 cm³/mol. The summed E-state index contributed by atoms with van der Waals surface area (Å²) in [6.07, 6.45) is 2.95. The monoisotopic (exact) mass is 257 g/mol. The number of benzene rings is 1. The normalized spacial score (nSPS) is 15.1. The summed E-state index contributed by atoms with van der Waals surface area (Å²) >= 11 is 0. The van der Waals surface area contributed by atoms with Crippen LogP contribution < -0.4 is 10.1 Å². The molecule has 4 nitrogen and oxygen atoms in total. The molecule has 0 aliphatic carbocycles. The van der Waals surface area contributed by atoms with Crippen LogP contribution in [0.15, 0.2) is 24.4 Å². The first-order chi connectivity index (χ1) is 9.20. The molecule has 0 radical (unpaired) electrons. The molecule has 0 fully saturated rings. The topological polar surface area (TPSA) is 39.1 Å². The van der Waals surface area contributed by atoms with Crippen molar-refractivity contribution in [2.45, 2.75) is 19.4 Å². The van der Waals surface area contributed by atoms with E-state index in [1.165, 1.54) is 22.4 Å². The lowest BCUT2D eigenvalue weighted by atomic mass is 9.97. The van der Waals surface area contributed by atoms with Crippen molar-refractivity contribution in [3.05, 3.63) is 46.8 Å². The van der Waals surface area contributed by atoms with Crippen LogP contribution in [0.25, 0.3) is 0 Å². The maximum atomic E-state index is 5.56. The van der Waals surface area contributed by atoms with E-state index in [4.69, 9.17) is 4.74 Å². The van der Waals surface area contributed by atoms with E-state index in [9.17, 15) is 0 Å². The van der Waals surface area contributed by atoms with Crippen LogP contribution in [0.1, 0.15) is 28.4 Å². The van der Waals surface area contributed by atoms with Crippen LogP contribution in [0.3, 0.4) is 0 Å². The second kappa shape index (κ2) is 4.70. The largest absolute Gasteiger partial charge is 0.493 e. The highest BCUT2D eigenvalue weighted by Crippen LogP contribution is 2.31. The highest BCUT2D eigenvalue weighted by Gasteiger charge is 2.20. The highest BCUT2D eigenvalue weighted by atomic mass is 16.5. The maximum Gasteiger partial charge on any atom is 0.122 e. The minimum Gasteiger partial charge on any atom is -0.493 e. The molecule has 0 saturated heterocycles. The van der Waals surface area contributed by atoms with Gasteiger partial charge in [0.25, 0.3) is 0 Å². The Kier molecular flexibility index (Phi) is 3.03. The summed E-state index contributed by atoms with van der Waals surface area (Å²) < 4.78 is 7.48. The first-order valence-electron chi connectivity index (χ1n) is 6.62. The number of nitrogens with one attached hydrogen (secondary N) is 1. The van der Waals surface area contributed by atoms with Crippen LogP contribution in [0.4, 0.5) is 0 Å². The molecule has 1 aromatic carbocycles. The molecular formula is C15H19N3O. The Balaban J connectivity index is 2.01. The second-order valence-corrected chi connectivity index (χ2v) is 5.00. The maximum absolute atomic E-state index is 5.56. The molecule has 1 N–H and O–H groups in total. The van der Waals surface area contributed by atoms with E-state index in [1.807, 2.05) is 25.0 Å². The summed E-state index contributed by atoms with van der Waals surface area (Å²) in [6.45, 7) is 2.90. The van der Waals surface area contributed by atoms with E-state index >= 15 is 0 Å². The van der Waals surface area contributed by atoms with Gasteiger partial charge in [-0.15, -0.1) is 0 Å². The molecule has 0 saturated carbocycles. The fourth-order valence-electron chi connectivity index (χ4n) is 2.69. The zero-order valence-electron chi connectivity index (χ0n) is 11.6. The lowest BCUT2D eigenvalue weighted by Gasteiger charge is -2.17. The van der Waals surface area contributed by atoms with E-state index < -0.39 is 0 Å². The van der Waals surface area contributed by atoms with Gasteiger partial charge in [0.05, 0.1) is 18.8 Å². The minimum atomic E-state index is 0.180. The molecule has 3 rings (SSSR count). The average molecular weight is 257 g/mol. The van der Waals surface area contributed by atoms with Crippen molar-refractivity contribution in [2.75, 3.05) is 13.7 Å². The van der Waals surface area contributed by atoms with Gasteiger partial charge in [0.1, 0.15) is 5.75 Å². The Morgan fingerprint density at radius 1 is 1.42 bits per heavy atom. The second-order valence-electron chi connectivity index (χ2n) is 5.00. The summed E-state index contributed by atoms with van der Waals surface area (Å²) in [5, 5.41) is 7.72. The van der Waals surface area contributed by atoms with Gasteiger partial charge in [-0.3, -0.25) is 4.68 Å². The first-order valence-corrected chi connectivity index (χ1v) is 6.62. The number of hydrogen-bond acceptors (Lipinski definition) is 3. The van der Waals surface area contributed by atoms with Gasteiger partial charge >= 0.3 is 0 Å². The van der Waals surface area contributed by atoms with Crippen molar-refractivity contribution in [2.24, 2.45) is 7.05 Å². The summed E-state index contributed by atoms with van der Waals surface area (Å²) in [5.74, 6) is 1.03. The SMILES string of the molecule is CNC(c1ccc2c(c1)CCO2)c1cnn(C)c1C. The van der Waals surface area contributed by atoms with Crippen molar-refractivity contribution in [3.8, 4) is 5.75 Å². The molecule has 0 bridgehead atoms. The molecule has 1 unspecified atom stereocenters. The Bertz CT molecular complexity index is 603. The number of hydrogen-bond donors (Lipinski definition) is 1. The average Bonchev–Trinajstić information content (AvgIpc) is 3.00. The Hall–Kier alpha value is -1.81. The van der Waals surface area contributed by atoms with Crippen molar-refractivity contribution in [3.63, 3.8) is 0 Å². The molecular weight excluding hydrogens is 238 g/mol. The van der Waals surface area contributed by atoms with Crippen molar-refractivity contribution in [1.29, 1.82) is 0 Å². The third-order valence-corrected chi connectivity index (χ3v) is 3.92. The summed E-state index contributed by atoms with van der Waals surface area (Å²) in [7, 11) is 3.96. The molecule has 1 aliphatic heterocycles. The van der Waals surface area contributed by atoms with E-state index in [2.05, 4.69) is 35.5 Å². The number of ether oxygens (including phenoxy) is 1. The van der Waals surface area contributed by atoms with Crippen LogP contribution in [-0.2, 0) is 13.5 Å². The Morgan fingerprint density at radius 2 is 2.26 bits per heavy atom. The van der Waals surface area contributed by atoms with Gasteiger partial charge in [0.15, 0.2) is 0 Å². The summed E-state index contributed by atoms with van der Waals surface area (Å²) in [6, 6.07) is 6.64. The lowest BCUT2D eigenvalue weighted by molar-refractivity contribution is 0.357. The van der Waals surface area contributed by atoms with Crippen LogP contribution in [-0.4, -0.2) is 23.4 Å². The third-order valence-electron chi connectivity index (χ3n) is 3.92. The van der Waals surface area contributed by atoms with Crippen LogP contribution in [0.5, 0.6) is 5.75 Å². The number of fused-ring (bicyclic) bond motifs is 1. The van der Waals surface area contributed by atoms with Crippen molar-refractivity contribution >= 4 is 0 Å². The molecule has 19 heavy (non-hydrogen) atoms. The van der Waals surface area contributed by atoms with E-state index in [1.54, 1.807) is 0 Å². The van der Waals surface area contributed by atoms with Crippen LogP contribution >= 0.6 is 0 Å². The summed E-state index contributed by atoms with van der Waals surface area (Å²) in [4.78, 5) is 0. The van der Waals surface area contributed by atoms with Crippen LogP contribution in [0.2, 0.25) is 0 Å². The Morgan fingerprint density at radius 3 is 2.95 bits per heavy atom. The summed E-state index contributed by atoms with van der Waals surface area (Å²) in [5.41, 5.74) is 4.99. The van der Waals surface area contributed by atoms with Crippen molar-refractivity contribution < 1.29 is 4.74 Å². The molecule has 1 aromatic heterocycles. The molecule has 1 atom stereocenters. The van der Waals surface area contributed by atoms with Gasteiger partial charge in [-0.2, -0.15) is 5.10 Å². The fraction of sp³-hybridized carbons (Fsp3) is 0.400. The van der Waals surface area contributed by atoms with Crippen molar-refractivity contribution in [1.82, 2.24) is 15.1 Å². The molecule has 2 aromatic rings. The van der Waals surface area contributed by atoms with Gasteiger partial charge < -0.3 is 10.1 Å². The third kappa shape index (κ3) is 2.02. The fourth-order valence-corrected chi connectivity index (χ4v) is 2.69. The molecule has 1 aliphatic rings. The molecule has 4 heteroatoms. The van der Waals surface area contributed by atoms with Gasteiger partial charge in [-0.1, -0.05) is 12.1 Å². The predicted octanol–water partition coefficient (Wildman–Crippen LogP) is 1.97. The number of nitrogens with zero attached hydrogens (tertiary/aromatic N) is 2. The van der Waals surface area contributed by atoms with Crippen LogP contribution in [0, 0.1) is 6.92 Å². The molecule has 0 spiro atoms. The van der Waals surface area contributed by atoms with E-state index in [0.717, 1.165) is 18.8 Å². The molecule has 2 heterocycles. The number of aryl methyl sites for hydroxylation is 1. The minimum absolute atomic E-state index is 0.180. The zero-order valence-corrected chi connectivity index (χ0v) is 11.6. The first kappa shape index (κ1) is 12.2. The van der Waals surface area contributed by atoms with Gasteiger partial charge in [0.2, 0.25) is 0 Å². The lowest BCUT2D eigenvalue weighted by Crippen LogP contribution is -2.18. The quantitative estimate of drug-likeness (QED) is 0.913. The van der Waals surface area contributed by atoms with Gasteiger partial charge in [-0.05, 0) is 31.2 Å². The molecule has 100 valence electrons. The highest BCUT2D eigenvalue weighted by molar-refractivity contribution is 5.43.